The van der Waals surface area contributed by atoms with Gasteiger partial charge in [-0.3, -0.25) is 4.79 Å². The average Bonchev–Trinajstić information content (AvgIpc) is 2.65. The molecule has 7 heteroatoms. The second-order valence-electron chi connectivity index (χ2n) is 5.21. The molecule has 0 aliphatic carbocycles. The number of benzene rings is 2. The highest BCUT2D eigenvalue weighted by Gasteiger charge is 2.15. The van der Waals surface area contributed by atoms with Crippen LogP contribution in [0.2, 0.25) is 5.02 Å². The zero-order valence-corrected chi connectivity index (χ0v) is 14.3. The van der Waals surface area contributed by atoms with Gasteiger partial charge in [0.15, 0.2) is 17.9 Å². The van der Waals surface area contributed by atoms with E-state index in [1.807, 2.05) is 0 Å². The summed E-state index contributed by atoms with van der Waals surface area (Å²) in [6, 6.07) is 11.3. The Kier molecular flexibility index (Phi) is 5.14. The van der Waals surface area contributed by atoms with Crippen LogP contribution in [0, 0.1) is 11.6 Å². The van der Waals surface area contributed by atoms with Gasteiger partial charge in [-0.2, -0.15) is 0 Å². The predicted octanol–water partition coefficient (Wildman–Crippen LogP) is 5.29. The minimum absolute atomic E-state index is 0.0480. The highest BCUT2D eigenvalue weighted by atomic mass is 35.5. The van der Waals surface area contributed by atoms with Gasteiger partial charge in [0.25, 0.3) is 0 Å². The standard InChI is InChI=1S/C19H12ClF2NO3/c1-25-12-6-8-17(14(20)9-12)26-19-11(10-24)5-7-16(23-19)13-3-2-4-15(21)18(13)22/h2-10H,1H3. The molecule has 0 aliphatic rings. The Labute approximate surface area is 153 Å². The summed E-state index contributed by atoms with van der Waals surface area (Å²) in [7, 11) is 1.50. The highest BCUT2D eigenvalue weighted by Crippen LogP contribution is 2.34. The van der Waals surface area contributed by atoms with Crippen LogP contribution in [0.1, 0.15) is 10.4 Å². The van der Waals surface area contributed by atoms with Gasteiger partial charge in [0, 0.05) is 11.6 Å². The molecule has 0 atom stereocenters. The van der Waals surface area contributed by atoms with Gasteiger partial charge >= 0.3 is 0 Å². The van der Waals surface area contributed by atoms with Gasteiger partial charge in [-0.25, -0.2) is 13.8 Å². The molecule has 2 aromatic carbocycles. The number of halogens is 3. The molecule has 26 heavy (non-hydrogen) atoms. The monoisotopic (exact) mass is 375 g/mol. The third-order valence-corrected chi connectivity index (χ3v) is 3.89. The van der Waals surface area contributed by atoms with E-state index in [9.17, 15) is 13.6 Å². The molecule has 3 aromatic rings. The van der Waals surface area contributed by atoms with Crippen LogP contribution in [0.5, 0.6) is 17.4 Å². The Bertz CT molecular complexity index is 979. The van der Waals surface area contributed by atoms with Gasteiger partial charge in [0.2, 0.25) is 5.88 Å². The number of carbonyl (C=O) groups is 1. The first-order valence-electron chi connectivity index (χ1n) is 7.45. The fourth-order valence-electron chi connectivity index (χ4n) is 2.27. The van der Waals surface area contributed by atoms with Crippen LogP contribution < -0.4 is 9.47 Å². The van der Waals surface area contributed by atoms with Crippen molar-refractivity contribution >= 4 is 17.9 Å². The average molecular weight is 376 g/mol. The first kappa shape index (κ1) is 17.8. The maximum absolute atomic E-state index is 14.0. The summed E-state index contributed by atoms with van der Waals surface area (Å²) >= 11 is 6.13. The molecule has 0 bridgehead atoms. The molecule has 3 rings (SSSR count). The van der Waals surface area contributed by atoms with Crippen LogP contribution in [-0.2, 0) is 0 Å². The Morgan fingerprint density at radius 2 is 1.92 bits per heavy atom. The molecule has 4 nitrogen and oxygen atoms in total. The molecule has 0 saturated heterocycles. The minimum atomic E-state index is -1.03. The van der Waals surface area contributed by atoms with Gasteiger partial charge in [-0.05, 0) is 36.4 Å². The summed E-state index contributed by atoms with van der Waals surface area (Å²) < 4.78 is 38.2. The second kappa shape index (κ2) is 7.49. The SMILES string of the molecule is COc1ccc(Oc2nc(-c3cccc(F)c3F)ccc2C=O)c(Cl)c1. The zero-order chi connectivity index (χ0) is 18.7. The maximum Gasteiger partial charge on any atom is 0.230 e. The number of aromatic nitrogens is 1. The van der Waals surface area contributed by atoms with E-state index in [-0.39, 0.29) is 33.5 Å². The van der Waals surface area contributed by atoms with Crippen LogP contribution in [0.15, 0.2) is 48.5 Å². The highest BCUT2D eigenvalue weighted by molar-refractivity contribution is 6.32. The number of ether oxygens (including phenoxy) is 2. The second-order valence-corrected chi connectivity index (χ2v) is 5.62. The van der Waals surface area contributed by atoms with Crippen molar-refractivity contribution in [2.24, 2.45) is 0 Å². The first-order chi connectivity index (χ1) is 12.5. The van der Waals surface area contributed by atoms with Gasteiger partial charge < -0.3 is 9.47 Å². The molecular weight excluding hydrogens is 364 g/mol. The van der Waals surface area contributed by atoms with Crippen LogP contribution in [0.3, 0.4) is 0 Å². The summed E-state index contributed by atoms with van der Waals surface area (Å²) in [5, 5.41) is 0.241. The molecule has 0 N–H and O–H groups in total. The Morgan fingerprint density at radius 1 is 1.12 bits per heavy atom. The number of carbonyl (C=O) groups excluding carboxylic acids is 1. The number of methoxy groups -OCH3 is 1. The molecule has 132 valence electrons. The Hall–Kier alpha value is -2.99. The zero-order valence-electron chi connectivity index (χ0n) is 13.5. The van der Waals surface area contributed by atoms with Crippen molar-refractivity contribution in [1.82, 2.24) is 4.98 Å². The molecule has 0 unspecified atom stereocenters. The van der Waals surface area contributed by atoms with Crippen molar-refractivity contribution in [1.29, 1.82) is 0 Å². The van der Waals surface area contributed by atoms with E-state index in [4.69, 9.17) is 21.1 Å². The molecule has 1 heterocycles. The van der Waals surface area contributed by atoms with Crippen LogP contribution in [-0.4, -0.2) is 18.4 Å². The van der Waals surface area contributed by atoms with Crippen molar-refractivity contribution < 1.29 is 23.0 Å². The Morgan fingerprint density at radius 3 is 2.62 bits per heavy atom. The third-order valence-electron chi connectivity index (χ3n) is 3.59. The predicted molar refractivity (Wildman–Crippen MR) is 93.1 cm³/mol. The Balaban J connectivity index is 2.04. The number of rotatable bonds is 5. The van der Waals surface area contributed by atoms with E-state index in [1.165, 1.54) is 37.4 Å². The minimum Gasteiger partial charge on any atom is -0.497 e. The maximum atomic E-state index is 14.0. The van der Waals surface area contributed by atoms with E-state index in [0.717, 1.165) is 6.07 Å². The molecule has 0 aliphatic heterocycles. The van der Waals surface area contributed by atoms with Gasteiger partial charge in [0.05, 0.1) is 23.4 Å². The molecule has 0 amide bonds. The normalized spacial score (nSPS) is 10.5. The number of aldehydes is 1. The lowest BCUT2D eigenvalue weighted by molar-refractivity contribution is 0.112. The molecule has 0 saturated carbocycles. The first-order valence-corrected chi connectivity index (χ1v) is 7.83. The molecule has 1 aromatic heterocycles. The lowest BCUT2D eigenvalue weighted by Gasteiger charge is -2.11. The summed E-state index contributed by atoms with van der Waals surface area (Å²) in [6.45, 7) is 0. The van der Waals surface area contributed by atoms with Crippen molar-refractivity contribution in [3.05, 3.63) is 70.8 Å². The smallest absolute Gasteiger partial charge is 0.230 e. The van der Waals surface area contributed by atoms with Crippen LogP contribution in [0.4, 0.5) is 8.78 Å². The van der Waals surface area contributed by atoms with Gasteiger partial charge in [0.1, 0.15) is 11.5 Å². The van der Waals surface area contributed by atoms with E-state index >= 15 is 0 Å². The van der Waals surface area contributed by atoms with Crippen LogP contribution in [0.25, 0.3) is 11.3 Å². The fourth-order valence-corrected chi connectivity index (χ4v) is 2.48. The van der Waals surface area contributed by atoms with Gasteiger partial charge in [-0.15, -0.1) is 0 Å². The van der Waals surface area contributed by atoms with E-state index in [0.29, 0.717) is 12.0 Å². The topological polar surface area (TPSA) is 48.4 Å². The lowest BCUT2D eigenvalue weighted by atomic mass is 10.1. The number of pyridine rings is 1. The third kappa shape index (κ3) is 3.50. The van der Waals surface area contributed by atoms with Crippen molar-refractivity contribution in [2.75, 3.05) is 7.11 Å². The molecule has 0 fully saturated rings. The number of hydrogen-bond donors (Lipinski definition) is 0. The summed E-state index contributed by atoms with van der Waals surface area (Å²) in [4.78, 5) is 15.4. The van der Waals surface area contributed by atoms with Crippen molar-refractivity contribution in [3.63, 3.8) is 0 Å². The molecule has 0 radical (unpaired) electrons. The number of nitrogens with zero attached hydrogens (tertiary/aromatic N) is 1. The summed E-state index contributed by atoms with van der Waals surface area (Å²) in [5.41, 5.74) is 0.206. The van der Waals surface area contributed by atoms with Crippen molar-refractivity contribution in [2.45, 2.75) is 0 Å². The van der Waals surface area contributed by atoms with Crippen molar-refractivity contribution in [3.8, 4) is 28.6 Å². The quantitative estimate of drug-likeness (QED) is 0.568. The fraction of sp³-hybridized carbons (Fsp3) is 0.0526. The van der Waals surface area contributed by atoms with Crippen LogP contribution >= 0.6 is 11.6 Å². The van der Waals surface area contributed by atoms with E-state index in [2.05, 4.69) is 4.98 Å². The molecule has 0 spiro atoms. The summed E-state index contributed by atoms with van der Waals surface area (Å²) in [6.07, 6.45) is 0.547. The largest absolute Gasteiger partial charge is 0.497 e. The molecular formula is C19H12ClF2NO3. The lowest BCUT2D eigenvalue weighted by Crippen LogP contribution is -1.98. The summed E-state index contributed by atoms with van der Waals surface area (Å²) in [5.74, 6) is -1.34. The van der Waals surface area contributed by atoms with E-state index in [1.54, 1.807) is 12.1 Å². The number of hydrogen-bond acceptors (Lipinski definition) is 4. The van der Waals surface area contributed by atoms with Gasteiger partial charge in [-0.1, -0.05) is 17.7 Å². The van der Waals surface area contributed by atoms with E-state index < -0.39 is 11.6 Å².